The smallest absolute Gasteiger partial charge is 0.162 e. The standard InChI is InChI=1S/C59H48N6/c1-58(2,3)43-27-29-53-45(33-43)46-34-44(59(4,5)6)28-30-54(46)65(53)55-47(56-61-49(39-19-11-7-12-20-39)35-50(62-56)40-21-13-8-14-22-40)31-38(37-60)32-48(55)57-63-51(41-23-15-9-16-24-41)36-52(64-57)42-25-17-10-18-26-42/h7-36H,1-6H3. The summed E-state index contributed by atoms with van der Waals surface area (Å²) >= 11 is 0. The van der Waals surface area contributed by atoms with Crippen LogP contribution in [0.2, 0.25) is 0 Å². The van der Waals surface area contributed by atoms with Gasteiger partial charge in [-0.25, -0.2) is 19.9 Å². The van der Waals surface area contributed by atoms with Crippen molar-refractivity contribution in [3.63, 3.8) is 0 Å². The summed E-state index contributed by atoms with van der Waals surface area (Å²) in [4.78, 5) is 21.6. The fourth-order valence-electron chi connectivity index (χ4n) is 8.64. The van der Waals surface area contributed by atoms with Crippen molar-refractivity contribution in [2.75, 3.05) is 0 Å². The summed E-state index contributed by atoms with van der Waals surface area (Å²) in [6.45, 7) is 13.5. The Balaban J connectivity index is 1.38. The van der Waals surface area contributed by atoms with Gasteiger partial charge in [-0.05, 0) is 70.5 Å². The molecule has 314 valence electrons. The number of aromatic nitrogens is 5. The predicted molar refractivity (Wildman–Crippen MR) is 267 cm³/mol. The second kappa shape index (κ2) is 16.3. The number of benzene rings is 7. The topological polar surface area (TPSA) is 80.3 Å². The Morgan fingerprint density at radius 3 is 1.02 bits per heavy atom. The van der Waals surface area contributed by atoms with Gasteiger partial charge in [-0.1, -0.05) is 175 Å². The third-order valence-electron chi connectivity index (χ3n) is 12.2. The molecular weight excluding hydrogens is 793 g/mol. The van der Waals surface area contributed by atoms with Crippen LogP contribution in [0.1, 0.15) is 58.2 Å². The molecule has 0 aliphatic carbocycles. The van der Waals surface area contributed by atoms with Crippen LogP contribution in [0.4, 0.5) is 0 Å². The molecule has 0 aliphatic heterocycles. The van der Waals surface area contributed by atoms with Gasteiger partial charge in [0.1, 0.15) is 0 Å². The molecule has 10 rings (SSSR count). The maximum atomic E-state index is 11.0. The van der Waals surface area contributed by atoms with E-state index in [1.807, 2.05) is 97.1 Å². The second-order valence-corrected chi connectivity index (χ2v) is 18.7. The number of fused-ring (bicyclic) bond motifs is 3. The van der Waals surface area contributed by atoms with Crippen molar-refractivity contribution in [3.8, 4) is 79.6 Å². The van der Waals surface area contributed by atoms with Gasteiger partial charge in [0.05, 0.1) is 51.1 Å². The first-order valence-electron chi connectivity index (χ1n) is 22.1. The maximum Gasteiger partial charge on any atom is 0.162 e. The van der Waals surface area contributed by atoms with E-state index in [-0.39, 0.29) is 10.8 Å². The normalized spacial score (nSPS) is 11.8. The highest BCUT2D eigenvalue weighted by Gasteiger charge is 2.27. The van der Waals surface area contributed by atoms with Crippen molar-refractivity contribution in [3.05, 3.63) is 199 Å². The molecule has 0 fully saturated rings. The van der Waals surface area contributed by atoms with Crippen LogP contribution in [-0.2, 0) is 10.8 Å². The minimum Gasteiger partial charge on any atom is -0.308 e. The van der Waals surface area contributed by atoms with E-state index >= 15 is 0 Å². The number of nitriles is 1. The number of rotatable bonds is 7. The van der Waals surface area contributed by atoms with Crippen LogP contribution in [0.5, 0.6) is 0 Å². The molecule has 0 radical (unpaired) electrons. The highest BCUT2D eigenvalue weighted by Crippen LogP contribution is 2.44. The first-order valence-corrected chi connectivity index (χ1v) is 22.1. The fraction of sp³-hybridized carbons (Fsp3) is 0.136. The Morgan fingerprint density at radius 1 is 0.400 bits per heavy atom. The maximum absolute atomic E-state index is 11.0. The van der Waals surface area contributed by atoms with Crippen LogP contribution < -0.4 is 0 Å². The van der Waals surface area contributed by atoms with Gasteiger partial charge in [0.15, 0.2) is 11.6 Å². The molecule has 0 atom stereocenters. The first kappa shape index (κ1) is 41.0. The lowest BCUT2D eigenvalue weighted by Gasteiger charge is -2.21. The molecule has 6 nitrogen and oxygen atoms in total. The minimum atomic E-state index is -0.0892. The Hall–Kier alpha value is -8.01. The lowest BCUT2D eigenvalue weighted by atomic mass is 9.85. The van der Waals surface area contributed by atoms with E-state index < -0.39 is 0 Å². The van der Waals surface area contributed by atoms with Crippen molar-refractivity contribution in [1.82, 2.24) is 24.5 Å². The summed E-state index contributed by atoms with van der Waals surface area (Å²) in [5.41, 5.74) is 13.8. The molecule has 0 saturated carbocycles. The zero-order chi connectivity index (χ0) is 44.9. The van der Waals surface area contributed by atoms with E-state index in [1.54, 1.807) is 0 Å². The molecule has 0 amide bonds. The second-order valence-electron chi connectivity index (χ2n) is 18.7. The van der Waals surface area contributed by atoms with E-state index in [9.17, 15) is 5.26 Å². The molecule has 6 heteroatoms. The van der Waals surface area contributed by atoms with Crippen LogP contribution in [-0.4, -0.2) is 24.5 Å². The molecule has 0 N–H and O–H groups in total. The van der Waals surface area contributed by atoms with Gasteiger partial charge in [-0.15, -0.1) is 0 Å². The van der Waals surface area contributed by atoms with E-state index in [0.717, 1.165) is 72.5 Å². The zero-order valence-corrected chi connectivity index (χ0v) is 37.5. The molecule has 3 aromatic heterocycles. The van der Waals surface area contributed by atoms with E-state index in [4.69, 9.17) is 19.9 Å². The van der Waals surface area contributed by atoms with Gasteiger partial charge < -0.3 is 4.57 Å². The van der Waals surface area contributed by atoms with Gasteiger partial charge in [0.2, 0.25) is 0 Å². The average Bonchev–Trinajstić information content (AvgIpc) is 3.66. The predicted octanol–water partition coefficient (Wildman–Crippen LogP) is 14.8. The quantitative estimate of drug-likeness (QED) is 0.160. The van der Waals surface area contributed by atoms with Crippen molar-refractivity contribution >= 4 is 21.8 Å². The highest BCUT2D eigenvalue weighted by molar-refractivity contribution is 6.11. The van der Waals surface area contributed by atoms with Crippen LogP contribution in [0.15, 0.2) is 182 Å². The van der Waals surface area contributed by atoms with Crippen LogP contribution in [0.25, 0.3) is 95.3 Å². The van der Waals surface area contributed by atoms with E-state index in [0.29, 0.717) is 28.3 Å². The molecule has 3 heterocycles. The molecule has 10 aromatic rings. The Bertz CT molecular complexity index is 3090. The molecule has 0 saturated heterocycles. The Morgan fingerprint density at radius 2 is 0.723 bits per heavy atom. The van der Waals surface area contributed by atoms with Crippen molar-refractivity contribution in [2.45, 2.75) is 52.4 Å². The summed E-state index contributed by atoms with van der Waals surface area (Å²) in [6, 6.07) is 64.9. The molecule has 7 aromatic carbocycles. The van der Waals surface area contributed by atoms with Crippen molar-refractivity contribution < 1.29 is 0 Å². The van der Waals surface area contributed by atoms with Crippen molar-refractivity contribution in [1.29, 1.82) is 5.26 Å². The zero-order valence-electron chi connectivity index (χ0n) is 37.5. The van der Waals surface area contributed by atoms with Crippen LogP contribution in [0.3, 0.4) is 0 Å². The lowest BCUT2D eigenvalue weighted by molar-refractivity contribution is 0.590. The molecule has 0 unspecified atom stereocenters. The summed E-state index contributed by atoms with van der Waals surface area (Å²) in [5, 5.41) is 13.2. The monoisotopic (exact) mass is 840 g/mol. The summed E-state index contributed by atoms with van der Waals surface area (Å²) in [6.07, 6.45) is 0. The van der Waals surface area contributed by atoms with Crippen LogP contribution in [0, 0.1) is 11.3 Å². The summed E-state index contributed by atoms with van der Waals surface area (Å²) < 4.78 is 2.33. The third kappa shape index (κ3) is 7.87. The number of hydrogen-bond acceptors (Lipinski definition) is 5. The third-order valence-corrected chi connectivity index (χ3v) is 12.2. The van der Waals surface area contributed by atoms with E-state index in [1.165, 1.54) is 11.1 Å². The lowest BCUT2D eigenvalue weighted by Crippen LogP contribution is -2.10. The number of hydrogen-bond donors (Lipinski definition) is 0. The molecule has 0 bridgehead atoms. The highest BCUT2D eigenvalue weighted by atomic mass is 15.0. The SMILES string of the molecule is CC(C)(C)c1ccc2c(c1)c1cc(C(C)(C)C)ccc1n2-c1c(-c2nc(-c3ccccc3)cc(-c3ccccc3)n2)cc(C#N)cc1-c1nc(-c2ccccc2)cc(-c2ccccc2)n1. The van der Waals surface area contributed by atoms with Gasteiger partial charge in [-0.2, -0.15) is 5.26 Å². The summed E-state index contributed by atoms with van der Waals surface area (Å²) in [5.74, 6) is 0.961. The van der Waals surface area contributed by atoms with Gasteiger partial charge in [-0.3, -0.25) is 0 Å². The Kier molecular flexibility index (Phi) is 10.3. The van der Waals surface area contributed by atoms with E-state index in [2.05, 4.69) is 137 Å². The fourth-order valence-corrected chi connectivity index (χ4v) is 8.64. The first-order chi connectivity index (χ1) is 31.4. The van der Waals surface area contributed by atoms with Crippen molar-refractivity contribution in [2.24, 2.45) is 0 Å². The van der Waals surface area contributed by atoms with Gasteiger partial charge in [0.25, 0.3) is 0 Å². The largest absolute Gasteiger partial charge is 0.308 e. The minimum absolute atomic E-state index is 0.0892. The van der Waals surface area contributed by atoms with Crippen LogP contribution >= 0.6 is 0 Å². The summed E-state index contributed by atoms with van der Waals surface area (Å²) in [7, 11) is 0. The van der Waals surface area contributed by atoms with Gasteiger partial charge in [0, 0.05) is 44.2 Å². The number of nitrogens with zero attached hydrogens (tertiary/aromatic N) is 6. The molecule has 0 spiro atoms. The molecule has 65 heavy (non-hydrogen) atoms. The average molecular weight is 841 g/mol. The Labute approximate surface area is 380 Å². The molecular formula is C59H48N6. The molecule has 0 aliphatic rings. The van der Waals surface area contributed by atoms with Gasteiger partial charge >= 0.3 is 0 Å².